The molecule has 4 aliphatic carbocycles. The molecule has 4 saturated carbocycles. The largest absolute Gasteiger partial charge is 0.497 e. The Balaban J connectivity index is 0.000000354. The van der Waals surface area contributed by atoms with Crippen LogP contribution >= 0.6 is 31.9 Å². The second-order valence-electron chi connectivity index (χ2n) is 38.0. The third-order valence-corrected chi connectivity index (χ3v) is 25.9. The number of halogens is 6. The van der Waals surface area contributed by atoms with Crippen molar-refractivity contribution < 1.29 is 58.3 Å². The van der Waals surface area contributed by atoms with Crippen LogP contribution in [0, 0.1) is 63.1 Å². The van der Waals surface area contributed by atoms with E-state index in [1.165, 1.54) is 82.4 Å². The molecule has 8 N–H and O–H groups in total. The van der Waals surface area contributed by atoms with Gasteiger partial charge in [-0.25, -0.2) is 50.3 Å². The number of ether oxygens (including phenoxy) is 2. The zero-order valence-electron chi connectivity index (χ0n) is 74.5. The van der Waals surface area contributed by atoms with Crippen LogP contribution in [0.2, 0.25) is 0 Å². The number of nitrogens with zero attached hydrogens (tertiary/aromatic N) is 4. The van der Waals surface area contributed by atoms with Crippen LogP contribution in [0.15, 0.2) is 146 Å². The number of methoxy groups -OCH3 is 2. The van der Waals surface area contributed by atoms with E-state index in [9.17, 15) is 48.8 Å². The minimum absolute atomic E-state index is 0.00917. The Hall–Kier alpha value is -6.03. The molecule has 2 aromatic carbocycles. The van der Waals surface area contributed by atoms with Gasteiger partial charge in [-0.05, 0) is 281 Å². The number of primary sulfonamides is 2. The molecule has 672 valence electrons. The minimum Gasteiger partial charge on any atom is -0.497 e. The Labute approximate surface area is 730 Å². The molecule has 4 aromatic rings. The molecule has 26 heteroatoms. The van der Waals surface area contributed by atoms with E-state index < -0.39 is 49.5 Å². The first kappa shape index (κ1) is 107. The summed E-state index contributed by atoms with van der Waals surface area (Å²) >= 11 is 6.31. The van der Waals surface area contributed by atoms with Gasteiger partial charge in [0.2, 0.25) is 23.7 Å². The van der Waals surface area contributed by atoms with Crippen molar-refractivity contribution in [3.63, 3.8) is 0 Å². The molecular formula is C93H147Br2F4N9O9S2. The molecule has 7 aliphatic rings. The molecule has 0 bridgehead atoms. The molecule has 0 radical (unpaired) electrons. The van der Waals surface area contributed by atoms with Crippen LogP contribution in [0.4, 0.5) is 23.4 Å². The van der Waals surface area contributed by atoms with Crippen LogP contribution in [-0.2, 0) is 47.5 Å². The molecule has 119 heavy (non-hydrogen) atoms. The van der Waals surface area contributed by atoms with Crippen molar-refractivity contribution >= 4 is 75.4 Å². The number of sulfonamides is 2. The Morgan fingerprint density at radius 3 is 1.30 bits per heavy atom. The van der Waals surface area contributed by atoms with Crippen molar-refractivity contribution in [3.05, 3.63) is 153 Å². The fourth-order valence-corrected chi connectivity index (χ4v) is 18.1. The lowest BCUT2D eigenvalue weighted by Crippen LogP contribution is -2.40. The van der Waals surface area contributed by atoms with Gasteiger partial charge in [-0.2, -0.15) is 4.39 Å². The van der Waals surface area contributed by atoms with E-state index >= 15 is 0 Å². The van der Waals surface area contributed by atoms with Crippen LogP contribution in [-0.4, -0.2) is 127 Å². The zero-order valence-corrected chi connectivity index (χ0v) is 79.3. The van der Waals surface area contributed by atoms with Gasteiger partial charge >= 0.3 is 0 Å². The number of carbonyl (C=O) groups is 3. The van der Waals surface area contributed by atoms with E-state index in [-0.39, 0.29) is 64.3 Å². The first-order chi connectivity index (χ1) is 55.3. The molecular weight excluding hydrogens is 1690 g/mol. The van der Waals surface area contributed by atoms with Crippen LogP contribution in [0.1, 0.15) is 249 Å². The zero-order chi connectivity index (χ0) is 90.0. The summed E-state index contributed by atoms with van der Waals surface area (Å²) in [5.74, 6) is 4.63. The molecule has 2 aromatic heterocycles. The number of likely N-dealkylation sites (tertiary alicyclic amines) is 2. The Bertz CT molecular complexity index is 3970. The maximum atomic E-state index is 14.1. The van der Waals surface area contributed by atoms with Gasteiger partial charge in [0.25, 0.3) is 20.0 Å². The lowest BCUT2D eigenvalue weighted by molar-refractivity contribution is -0.134. The summed E-state index contributed by atoms with van der Waals surface area (Å²) in [6, 6.07) is 23.6. The molecule has 3 amide bonds. The third-order valence-electron chi connectivity index (χ3n) is 23.1. The topological polar surface area (TPSA) is 272 Å². The summed E-state index contributed by atoms with van der Waals surface area (Å²) in [7, 11) is -4.41. The molecule has 9 unspecified atom stereocenters. The van der Waals surface area contributed by atoms with Crippen LogP contribution in [0.25, 0.3) is 0 Å². The number of nitrogens with one attached hydrogen (secondary N) is 2. The number of allylic oxidation sites excluding steroid dienone is 4. The number of anilines is 1. The highest BCUT2D eigenvalue weighted by Crippen LogP contribution is 2.46. The van der Waals surface area contributed by atoms with Crippen molar-refractivity contribution in [3.8, 4) is 11.5 Å². The molecule has 3 aliphatic heterocycles. The maximum Gasteiger partial charge on any atom is 0.255 e. The van der Waals surface area contributed by atoms with Gasteiger partial charge in [0.05, 0.1) is 14.2 Å². The number of carbonyl (C=O) groups excluding carboxylic acids is 3. The first-order valence-corrected chi connectivity index (χ1v) is 47.4. The summed E-state index contributed by atoms with van der Waals surface area (Å²) in [5.41, 5.74) is 9.26. The Kier molecular flexibility index (Phi) is 45.1. The molecule has 0 spiro atoms. The smallest absolute Gasteiger partial charge is 0.255 e. The maximum absolute atomic E-state index is 14.1. The number of alkyl halides is 5. The molecule has 7 fully saturated rings. The SMILES string of the molecule is C=CCBr.C=CCC1CC(C)(C)N(Cc2ccc(OC)cc2)C1=O.C=CCC1CC(C)(C)NC1=O.C=CCC1CCC(C)(C)C1.CC1(C)CCC(CC(F)CBr)C1.CC1(C)CCC(CC(F)CN)C1.CC1(C)CCC(CC(F)CNc2cccc(S(N)(=O)=O)n2)C1.COc1ccc(CN2C(=O)CCC2(C)C)cc1.NS(=O)(=O)c1cccc(F)n1. The van der Waals surface area contributed by atoms with Gasteiger partial charge in [-0.1, -0.05) is 148 Å². The van der Waals surface area contributed by atoms with Gasteiger partial charge < -0.3 is 35.6 Å². The van der Waals surface area contributed by atoms with E-state index in [0.717, 1.165) is 104 Å². The van der Waals surface area contributed by atoms with E-state index in [4.69, 9.17) is 20.3 Å². The molecule has 3 saturated heterocycles. The standard InChI is InChI=1S/C17H23NO2.C15H24FN3O2S.C14H19NO2.C10H18BrF.C10H20FN.C10H18.C9H15NO.C5H5FN2O2S.C3H5Br/c1-5-6-14-11-17(2,3)18(16(14)19)12-13-7-9-15(20-4)10-8-13;1-15(2)7-6-11(9-15)8-12(16)10-18-13-4-3-5-14(19-13)22(17,20)21;1-14(2)9-8-13(16)15(14)10-11-4-6-12(17-3)7-5-11;1-10(2)4-3-8(6-10)5-9(12)7-11;1-10(2)4-3-8(6-10)5-9(11)7-12;1-4-5-9-6-7-10(2,3)8-9;1-4-5-7-6-9(2,3)10-8(7)11;6-4-2-1-3-5(8-4)11(7,9)10;1-2-3-4/h5,7-10,14H,1,6,11-12H2,2-4H3;3-5,11-12H,6-10H2,1-2H3,(H,18,19)(H2,17,20,21);4-7H,8-10H2,1-3H3;8-9H,3-7H2,1-2H3;8-9H,3-7,12H2,1-2H3;4,9H,1,5-8H2,2-3H3;4,7H,1,5-6H2,2-3H3,(H,10,11);1-3H,(H2,7,9,10);2H,1,3H2. The third kappa shape index (κ3) is 40.9. The number of pyridine rings is 2. The summed E-state index contributed by atoms with van der Waals surface area (Å²) < 4.78 is 106. The average Bonchev–Trinajstić information content (AvgIpc) is 1.63. The van der Waals surface area contributed by atoms with Gasteiger partial charge in [-0.15, -0.1) is 26.3 Å². The highest BCUT2D eigenvalue weighted by molar-refractivity contribution is 9.09. The van der Waals surface area contributed by atoms with Crippen LogP contribution in [0.5, 0.6) is 11.5 Å². The quantitative estimate of drug-likeness (QED) is 0.0170. The van der Waals surface area contributed by atoms with Crippen LogP contribution in [0.3, 0.4) is 0 Å². The number of rotatable bonds is 26. The number of nitrogens with two attached hydrogens (primary N) is 3. The summed E-state index contributed by atoms with van der Waals surface area (Å²) in [5, 5.41) is 16.2. The van der Waals surface area contributed by atoms with Crippen molar-refractivity contribution in [2.45, 2.75) is 296 Å². The summed E-state index contributed by atoms with van der Waals surface area (Å²) in [4.78, 5) is 46.4. The fourth-order valence-electron chi connectivity index (χ4n) is 16.9. The number of aromatic nitrogens is 2. The van der Waals surface area contributed by atoms with Crippen molar-refractivity contribution in [1.29, 1.82) is 0 Å². The van der Waals surface area contributed by atoms with Crippen molar-refractivity contribution in [2.75, 3.05) is 43.3 Å². The highest BCUT2D eigenvalue weighted by atomic mass is 79.9. The predicted octanol–water partition coefficient (Wildman–Crippen LogP) is 21.4. The summed E-state index contributed by atoms with van der Waals surface area (Å²) in [6.45, 7) is 47.2. The number of hydrogen-bond acceptors (Lipinski definition) is 13. The number of amides is 3. The summed E-state index contributed by atoms with van der Waals surface area (Å²) in [6.07, 6.45) is 28.2. The highest BCUT2D eigenvalue weighted by Gasteiger charge is 2.45. The number of benzene rings is 2. The van der Waals surface area contributed by atoms with E-state index in [0.29, 0.717) is 82.9 Å². The van der Waals surface area contributed by atoms with E-state index in [1.54, 1.807) is 26.4 Å². The molecule has 5 heterocycles. The lowest BCUT2D eigenvalue weighted by atomic mass is 9.89. The van der Waals surface area contributed by atoms with Gasteiger partial charge in [0, 0.05) is 71.7 Å². The van der Waals surface area contributed by atoms with Crippen molar-refractivity contribution in [1.82, 2.24) is 25.1 Å². The Morgan fingerprint density at radius 1 is 0.538 bits per heavy atom. The molecule has 18 nitrogen and oxygen atoms in total. The van der Waals surface area contributed by atoms with E-state index in [2.05, 4.69) is 173 Å². The average molecular weight is 1840 g/mol. The van der Waals surface area contributed by atoms with E-state index in [1.807, 2.05) is 84.3 Å². The van der Waals surface area contributed by atoms with Crippen molar-refractivity contribution in [2.24, 2.45) is 73.2 Å². The lowest BCUT2D eigenvalue weighted by Gasteiger charge is -2.31. The van der Waals surface area contributed by atoms with Gasteiger partial charge in [0.1, 0.15) is 35.8 Å². The molecule has 9 atom stereocenters. The number of hydrogen-bond donors (Lipinski definition) is 5. The second-order valence-corrected chi connectivity index (χ2v) is 42.3. The van der Waals surface area contributed by atoms with Crippen LogP contribution < -0.4 is 36.1 Å². The Morgan fingerprint density at radius 2 is 0.950 bits per heavy atom. The normalized spacial score (nSPS) is 22.9. The molecule has 11 rings (SSSR count). The first-order valence-electron chi connectivity index (χ1n) is 42.1. The van der Waals surface area contributed by atoms with Gasteiger partial charge in [0.15, 0.2) is 10.1 Å². The fraction of sp³-hybridized carbons (Fsp3) is 0.645. The monoisotopic (exact) mass is 1830 g/mol. The second kappa shape index (κ2) is 50.1. The van der Waals surface area contributed by atoms with Gasteiger partial charge in [-0.3, -0.25) is 14.4 Å². The minimum atomic E-state index is -3.88. The predicted molar refractivity (Wildman–Crippen MR) is 487 cm³/mol.